The Morgan fingerprint density at radius 1 is 0.697 bits per heavy atom. The van der Waals surface area contributed by atoms with Gasteiger partial charge < -0.3 is 29.0 Å². The SMILES string of the molecule is COc1cccc(C(CNCC(OC)OC)c2ccc(OCc3ccccc3)c(OC)c2)c1. The Labute approximate surface area is 196 Å². The lowest BCUT2D eigenvalue weighted by atomic mass is 9.90. The number of hydrogen-bond acceptors (Lipinski definition) is 6. The largest absolute Gasteiger partial charge is 0.497 e. The van der Waals surface area contributed by atoms with Crippen LogP contribution in [0.25, 0.3) is 0 Å². The summed E-state index contributed by atoms with van der Waals surface area (Å²) in [6, 6.07) is 24.3. The van der Waals surface area contributed by atoms with Crippen molar-refractivity contribution in [2.45, 2.75) is 18.8 Å². The summed E-state index contributed by atoms with van der Waals surface area (Å²) in [4.78, 5) is 0. The molecular weight excluding hydrogens is 418 g/mol. The molecule has 3 aromatic carbocycles. The zero-order valence-electron chi connectivity index (χ0n) is 19.7. The molecule has 3 rings (SSSR count). The Morgan fingerprint density at radius 2 is 1.45 bits per heavy atom. The molecule has 0 aromatic heterocycles. The first kappa shape index (κ1) is 24.6. The van der Waals surface area contributed by atoms with E-state index in [4.69, 9.17) is 23.7 Å². The van der Waals surface area contributed by atoms with E-state index in [1.807, 2.05) is 54.6 Å². The van der Waals surface area contributed by atoms with Crippen molar-refractivity contribution in [2.75, 3.05) is 41.5 Å². The minimum Gasteiger partial charge on any atom is -0.497 e. The average Bonchev–Trinajstić information content (AvgIpc) is 2.88. The highest BCUT2D eigenvalue weighted by Crippen LogP contribution is 2.34. The molecule has 3 aromatic rings. The molecule has 0 spiro atoms. The van der Waals surface area contributed by atoms with Gasteiger partial charge in [0.1, 0.15) is 12.4 Å². The topological polar surface area (TPSA) is 58.2 Å². The van der Waals surface area contributed by atoms with E-state index in [1.165, 1.54) is 0 Å². The summed E-state index contributed by atoms with van der Waals surface area (Å²) in [5, 5.41) is 3.46. The maximum absolute atomic E-state index is 6.04. The fourth-order valence-corrected chi connectivity index (χ4v) is 3.65. The van der Waals surface area contributed by atoms with E-state index in [2.05, 4.69) is 23.5 Å². The van der Waals surface area contributed by atoms with Crippen molar-refractivity contribution < 1.29 is 23.7 Å². The van der Waals surface area contributed by atoms with Gasteiger partial charge in [0, 0.05) is 33.2 Å². The third kappa shape index (κ3) is 6.96. The van der Waals surface area contributed by atoms with Crippen LogP contribution in [0.3, 0.4) is 0 Å². The van der Waals surface area contributed by atoms with Gasteiger partial charge in [-0.25, -0.2) is 0 Å². The minimum absolute atomic E-state index is 0.0616. The second-order valence-electron chi connectivity index (χ2n) is 7.57. The Kier molecular flexibility index (Phi) is 9.57. The minimum atomic E-state index is -0.306. The predicted octanol–water partition coefficient (Wildman–Crippen LogP) is 4.62. The molecule has 0 radical (unpaired) electrons. The van der Waals surface area contributed by atoms with Gasteiger partial charge in [0.15, 0.2) is 17.8 Å². The van der Waals surface area contributed by atoms with Gasteiger partial charge in [-0.2, -0.15) is 0 Å². The quantitative estimate of drug-likeness (QED) is 0.383. The highest BCUT2D eigenvalue weighted by Gasteiger charge is 2.18. The molecular formula is C27H33NO5. The van der Waals surface area contributed by atoms with E-state index >= 15 is 0 Å². The molecule has 0 saturated heterocycles. The molecule has 0 fully saturated rings. The Morgan fingerprint density at radius 3 is 2.15 bits per heavy atom. The van der Waals surface area contributed by atoms with Crippen molar-refractivity contribution in [2.24, 2.45) is 0 Å². The van der Waals surface area contributed by atoms with E-state index in [1.54, 1.807) is 28.4 Å². The first-order valence-electron chi connectivity index (χ1n) is 10.9. The first-order chi connectivity index (χ1) is 16.2. The Hall–Kier alpha value is -3.06. The van der Waals surface area contributed by atoms with E-state index in [0.717, 1.165) is 22.4 Å². The number of methoxy groups -OCH3 is 4. The lowest BCUT2D eigenvalue weighted by Crippen LogP contribution is -2.32. The molecule has 0 aliphatic carbocycles. The van der Waals surface area contributed by atoms with Gasteiger partial charge in [-0.05, 0) is 41.0 Å². The predicted molar refractivity (Wildman–Crippen MR) is 129 cm³/mol. The summed E-state index contributed by atoms with van der Waals surface area (Å²) in [5.41, 5.74) is 3.34. The fourth-order valence-electron chi connectivity index (χ4n) is 3.65. The van der Waals surface area contributed by atoms with Crippen LogP contribution in [0.15, 0.2) is 72.8 Å². The van der Waals surface area contributed by atoms with Crippen molar-refractivity contribution in [1.82, 2.24) is 5.32 Å². The van der Waals surface area contributed by atoms with Crippen LogP contribution in [0.2, 0.25) is 0 Å². The highest BCUT2D eigenvalue weighted by molar-refractivity contribution is 5.47. The summed E-state index contributed by atoms with van der Waals surface area (Å²) in [6.45, 7) is 1.74. The molecule has 33 heavy (non-hydrogen) atoms. The first-order valence-corrected chi connectivity index (χ1v) is 10.9. The molecule has 0 aliphatic rings. The van der Waals surface area contributed by atoms with E-state index in [-0.39, 0.29) is 12.2 Å². The van der Waals surface area contributed by atoms with Crippen LogP contribution >= 0.6 is 0 Å². The van der Waals surface area contributed by atoms with Crippen molar-refractivity contribution in [3.63, 3.8) is 0 Å². The third-order valence-electron chi connectivity index (χ3n) is 5.51. The molecule has 0 bridgehead atoms. The van der Waals surface area contributed by atoms with E-state index < -0.39 is 0 Å². The van der Waals surface area contributed by atoms with Gasteiger partial charge in [-0.3, -0.25) is 0 Å². The molecule has 1 atom stereocenters. The molecule has 0 saturated carbocycles. The number of rotatable bonds is 13. The fraction of sp³-hybridized carbons (Fsp3) is 0.333. The molecule has 6 nitrogen and oxygen atoms in total. The van der Waals surface area contributed by atoms with Crippen LogP contribution in [0.5, 0.6) is 17.2 Å². The summed E-state index contributed by atoms with van der Waals surface area (Å²) in [5.74, 6) is 2.29. The Bertz CT molecular complexity index is 975. The lowest BCUT2D eigenvalue weighted by Gasteiger charge is -2.22. The molecule has 176 valence electrons. The molecule has 1 unspecified atom stereocenters. The zero-order valence-corrected chi connectivity index (χ0v) is 19.7. The van der Waals surface area contributed by atoms with Crippen LogP contribution in [-0.4, -0.2) is 47.8 Å². The molecule has 6 heteroatoms. The maximum Gasteiger partial charge on any atom is 0.169 e. The van der Waals surface area contributed by atoms with Gasteiger partial charge in [-0.1, -0.05) is 48.5 Å². The number of benzene rings is 3. The maximum atomic E-state index is 6.04. The monoisotopic (exact) mass is 451 g/mol. The van der Waals surface area contributed by atoms with Crippen LogP contribution < -0.4 is 19.5 Å². The number of ether oxygens (including phenoxy) is 5. The highest BCUT2D eigenvalue weighted by atomic mass is 16.7. The molecule has 1 N–H and O–H groups in total. The molecule has 0 heterocycles. The number of hydrogen-bond donors (Lipinski definition) is 1. The van der Waals surface area contributed by atoms with Gasteiger partial charge >= 0.3 is 0 Å². The van der Waals surface area contributed by atoms with Crippen LogP contribution in [0.1, 0.15) is 22.6 Å². The summed E-state index contributed by atoms with van der Waals surface area (Å²) in [7, 11) is 6.61. The van der Waals surface area contributed by atoms with E-state index in [9.17, 15) is 0 Å². The number of nitrogens with one attached hydrogen (secondary N) is 1. The standard InChI is InChI=1S/C27H33NO5/c1-29-23-12-8-11-21(15-23)24(17-28-18-27(31-3)32-4)22-13-14-25(26(16-22)30-2)33-19-20-9-6-5-7-10-20/h5-16,24,27-28H,17-19H2,1-4H3. The summed E-state index contributed by atoms with van der Waals surface area (Å²) in [6.07, 6.45) is -0.306. The third-order valence-corrected chi connectivity index (χ3v) is 5.51. The van der Waals surface area contributed by atoms with E-state index in [0.29, 0.717) is 31.2 Å². The summed E-state index contributed by atoms with van der Waals surface area (Å²) >= 11 is 0. The van der Waals surface area contributed by atoms with Gasteiger partial charge in [0.25, 0.3) is 0 Å². The second-order valence-corrected chi connectivity index (χ2v) is 7.57. The van der Waals surface area contributed by atoms with Crippen molar-refractivity contribution in [3.05, 3.63) is 89.5 Å². The second kappa shape index (κ2) is 12.8. The Balaban J connectivity index is 1.83. The smallest absolute Gasteiger partial charge is 0.169 e. The summed E-state index contributed by atoms with van der Waals surface area (Å²) < 4.78 is 27.8. The van der Waals surface area contributed by atoms with Crippen molar-refractivity contribution in [3.8, 4) is 17.2 Å². The van der Waals surface area contributed by atoms with Crippen LogP contribution in [0, 0.1) is 0 Å². The van der Waals surface area contributed by atoms with Crippen LogP contribution in [0.4, 0.5) is 0 Å². The lowest BCUT2D eigenvalue weighted by molar-refractivity contribution is -0.0987. The van der Waals surface area contributed by atoms with Crippen LogP contribution in [-0.2, 0) is 16.1 Å². The zero-order chi connectivity index (χ0) is 23.5. The van der Waals surface area contributed by atoms with Crippen molar-refractivity contribution >= 4 is 0 Å². The normalized spacial score (nSPS) is 11.9. The van der Waals surface area contributed by atoms with Crippen molar-refractivity contribution in [1.29, 1.82) is 0 Å². The average molecular weight is 452 g/mol. The molecule has 0 aliphatic heterocycles. The molecule has 0 amide bonds. The van der Waals surface area contributed by atoms with Gasteiger partial charge in [0.2, 0.25) is 0 Å². The van der Waals surface area contributed by atoms with Gasteiger partial charge in [0.05, 0.1) is 14.2 Å². The van der Waals surface area contributed by atoms with Gasteiger partial charge in [-0.15, -0.1) is 0 Å².